The summed E-state index contributed by atoms with van der Waals surface area (Å²) in [5.41, 5.74) is 6.30. The zero-order chi connectivity index (χ0) is 44.5. The van der Waals surface area contributed by atoms with Gasteiger partial charge < -0.3 is 61.9 Å². The fourth-order valence-electron chi connectivity index (χ4n) is 7.91. The molecule has 16 nitrogen and oxygen atoms in total. The van der Waals surface area contributed by atoms with Crippen molar-refractivity contribution < 1.29 is 50.8 Å². The Labute approximate surface area is 360 Å². The predicted molar refractivity (Wildman–Crippen MR) is 233 cm³/mol. The lowest BCUT2D eigenvalue weighted by Crippen LogP contribution is -2.40. The third-order valence-electron chi connectivity index (χ3n) is 11.2. The Bertz CT molecular complexity index is 1730. The summed E-state index contributed by atoms with van der Waals surface area (Å²) in [5.74, 6) is -0.395. The number of benzene rings is 3. The van der Waals surface area contributed by atoms with Crippen molar-refractivity contribution in [2.24, 2.45) is 0 Å². The first-order valence-electron chi connectivity index (χ1n) is 21.4. The molecule has 1 saturated heterocycles. The van der Waals surface area contributed by atoms with Crippen molar-refractivity contribution in [1.29, 1.82) is 0 Å². The number of aliphatic hydroxyl groups excluding tert-OH is 6. The number of amides is 1. The van der Waals surface area contributed by atoms with Gasteiger partial charge in [0.2, 0.25) is 0 Å². The summed E-state index contributed by atoms with van der Waals surface area (Å²) in [5, 5.41) is 100. The molecule has 1 aliphatic rings. The molecule has 3 aromatic carbocycles. The van der Waals surface area contributed by atoms with Gasteiger partial charge in [0.05, 0.1) is 63.3 Å². The first kappa shape index (κ1) is 49.7. The van der Waals surface area contributed by atoms with Crippen molar-refractivity contribution in [2.45, 2.75) is 90.9 Å². The average Bonchev–Trinajstić information content (AvgIpc) is 3.23. The third kappa shape index (κ3) is 15.1. The Morgan fingerprint density at radius 3 is 1.15 bits per heavy atom. The molecule has 0 aromatic heterocycles. The number of hydrogen-bond donors (Lipinski definition) is 12. The summed E-state index contributed by atoms with van der Waals surface area (Å²) in [6, 6.07) is 9.35. The monoisotopic (exact) mass is 855 g/mol. The van der Waals surface area contributed by atoms with Crippen molar-refractivity contribution in [2.75, 3.05) is 78.9 Å². The Morgan fingerprint density at radius 2 is 0.803 bits per heavy atom. The summed E-state index contributed by atoms with van der Waals surface area (Å²) in [7, 11) is 0. The van der Waals surface area contributed by atoms with Crippen LogP contribution in [0.5, 0.6) is 17.2 Å². The number of aliphatic hydroxyl groups is 6. The van der Waals surface area contributed by atoms with E-state index in [4.69, 9.17) is 0 Å². The number of aromatic hydroxyl groups is 3. The van der Waals surface area contributed by atoms with Crippen LogP contribution in [0, 0.1) is 20.8 Å². The first-order valence-corrected chi connectivity index (χ1v) is 21.4. The molecule has 16 heteroatoms. The Kier molecular flexibility index (Phi) is 20.6. The Hall–Kier alpha value is -3.91. The van der Waals surface area contributed by atoms with Gasteiger partial charge in [0.15, 0.2) is 0 Å². The van der Waals surface area contributed by atoms with Crippen LogP contribution >= 0.6 is 0 Å². The summed E-state index contributed by atoms with van der Waals surface area (Å²) >= 11 is 0. The molecule has 0 spiro atoms. The fraction of sp³-hybridized carbons (Fsp3) is 0.578. The zero-order valence-corrected chi connectivity index (χ0v) is 36.1. The van der Waals surface area contributed by atoms with Gasteiger partial charge in [0.1, 0.15) is 17.2 Å². The molecule has 340 valence electrons. The number of nitrogens with one attached hydrogen (secondary N) is 3. The minimum Gasteiger partial charge on any atom is -0.507 e. The molecule has 0 bridgehead atoms. The second-order valence-electron chi connectivity index (χ2n) is 16.5. The van der Waals surface area contributed by atoms with Gasteiger partial charge in [-0.25, -0.2) is 0 Å². The van der Waals surface area contributed by atoms with Gasteiger partial charge in [-0.1, -0.05) is 41.5 Å². The van der Waals surface area contributed by atoms with Gasteiger partial charge in [-0.15, -0.1) is 0 Å². The van der Waals surface area contributed by atoms with Crippen molar-refractivity contribution in [3.63, 3.8) is 0 Å². The van der Waals surface area contributed by atoms with Gasteiger partial charge in [-0.2, -0.15) is 0 Å². The summed E-state index contributed by atoms with van der Waals surface area (Å²) in [6.07, 6.45) is 2.40. The normalized spacial score (nSPS) is 15.4. The van der Waals surface area contributed by atoms with Crippen LogP contribution in [0.3, 0.4) is 0 Å². The Morgan fingerprint density at radius 1 is 0.492 bits per heavy atom. The van der Waals surface area contributed by atoms with E-state index in [1.165, 1.54) is 0 Å². The molecule has 0 saturated carbocycles. The van der Waals surface area contributed by atoms with Crippen LogP contribution in [0.2, 0.25) is 0 Å². The minimum atomic E-state index is -0.860. The van der Waals surface area contributed by atoms with E-state index in [-0.39, 0.29) is 62.3 Å². The SMILES string of the molecule is Cc1cc(CNC(CO)CO)c(O)c(CN2CCCN(Cc3cc(C)cc(CNC(CO)CO)c3O)CCCN(Cc3cc(C)cc(C(=O)NC(CO)CO)c3O)CCC2)c1. The van der Waals surface area contributed by atoms with E-state index < -0.39 is 37.2 Å². The highest BCUT2D eigenvalue weighted by Gasteiger charge is 2.22. The number of aryl methyl sites for hydroxylation is 3. The van der Waals surface area contributed by atoms with E-state index in [0.717, 1.165) is 60.2 Å². The lowest BCUT2D eigenvalue weighted by atomic mass is 10.0. The number of phenolic OH excluding ortho intramolecular Hbond substituents is 3. The topological polar surface area (TPSA) is 245 Å². The lowest BCUT2D eigenvalue weighted by molar-refractivity contribution is 0.0876. The van der Waals surface area contributed by atoms with Crippen LogP contribution in [0.15, 0.2) is 36.4 Å². The van der Waals surface area contributed by atoms with E-state index in [1.807, 2.05) is 51.1 Å². The van der Waals surface area contributed by atoms with Crippen molar-refractivity contribution in [3.8, 4) is 17.2 Å². The number of hydrogen-bond acceptors (Lipinski definition) is 15. The number of nitrogens with zero attached hydrogens (tertiary/aromatic N) is 3. The number of carbonyl (C=O) groups is 1. The maximum atomic E-state index is 13.1. The highest BCUT2D eigenvalue weighted by molar-refractivity contribution is 5.97. The van der Waals surface area contributed by atoms with Gasteiger partial charge >= 0.3 is 0 Å². The molecule has 1 amide bonds. The van der Waals surface area contributed by atoms with Gasteiger partial charge in [0, 0.05) is 60.5 Å². The van der Waals surface area contributed by atoms with E-state index in [2.05, 4.69) is 30.7 Å². The molecule has 0 atom stereocenters. The summed E-state index contributed by atoms with van der Waals surface area (Å²) < 4.78 is 0. The molecule has 12 N–H and O–H groups in total. The standard InChI is InChI=1S/C45H70N6O10/c1-30-13-33(19-46-38(24-52)25-53)42(58)35(15-30)21-49-7-4-8-50(22-36-16-31(2)14-34(43(36)59)20-47-39(26-54)27-55)10-6-12-51(11-5-9-49)23-37-17-32(3)18-41(44(37)60)45(61)48-40(28-56)29-57/h13-18,38-40,46-47,52-60H,4-12,19-29H2,1-3H3,(H,48,61). The van der Waals surface area contributed by atoms with E-state index in [0.29, 0.717) is 62.5 Å². The van der Waals surface area contributed by atoms with Crippen molar-refractivity contribution in [1.82, 2.24) is 30.7 Å². The van der Waals surface area contributed by atoms with Gasteiger partial charge in [-0.05, 0) is 90.9 Å². The number of carbonyl (C=O) groups excluding carboxylic acids is 1. The maximum absolute atomic E-state index is 13.1. The first-order chi connectivity index (χ1) is 29.3. The van der Waals surface area contributed by atoms with Gasteiger partial charge in [0.25, 0.3) is 5.91 Å². The summed E-state index contributed by atoms with van der Waals surface area (Å²) in [4.78, 5) is 20.0. The molecule has 1 heterocycles. The summed E-state index contributed by atoms with van der Waals surface area (Å²) in [6.45, 7) is 10.1. The second kappa shape index (κ2) is 25.3. The number of phenols is 3. The molecule has 0 aliphatic carbocycles. The number of rotatable bonds is 20. The molecule has 61 heavy (non-hydrogen) atoms. The molecule has 0 radical (unpaired) electrons. The van der Waals surface area contributed by atoms with Crippen LogP contribution < -0.4 is 16.0 Å². The maximum Gasteiger partial charge on any atom is 0.255 e. The van der Waals surface area contributed by atoms with Crippen LogP contribution in [0.1, 0.15) is 74.1 Å². The van der Waals surface area contributed by atoms with Crippen molar-refractivity contribution in [3.05, 3.63) is 86.5 Å². The molecule has 4 rings (SSSR count). The van der Waals surface area contributed by atoms with Crippen LogP contribution in [-0.2, 0) is 32.7 Å². The molecule has 1 fully saturated rings. The molecule has 1 aliphatic heterocycles. The van der Waals surface area contributed by atoms with E-state index >= 15 is 0 Å². The highest BCUT2D eigenvalue weighted by atomic mass is 16.3. The minimum absolute atomic E-state index is 0.0696. The largest absolute Gasteiger partial charge is 0.507 e. The fourth-order valence-corrected chi connectivity index (χ4v) is 7.91. The highest BCUT2D eigenvalue weighted by Crippen LogP contribution is 2.30. The lowest BCUT2D eigenvalue weighted by Gasteiger charge is -2.31. The Balaban J connectivity index is 1.61. The average molecular weight is 855 g/mol. The van der Waals surface area contributed by atoms with Crippen LogP contribution in [-0.4, -0.2) is 164 Å². The predicted octanol–water partition coefficient (Wildman–Crippen LogP) is 0.688. The molecule has 3 aromatic rings. The molecular weight excluding hydrogens is 785 g/mol. The van der Waals surface area contributed by atoms with Crippen LogP contribution in [0.4, 0.5) is 0 Å². The molecular formula is C45H70N6O10. The third-order valence-corrected chi connectivity index (χ3v) is 11.2. The van der Waals surface area contributed by atoms with E-state index in [1.54, 1.807) is 6.07 Å². The molecule has 0 unspecified atom stereocenters. The quantitative estimate of drug-likeness (QED) is 0.0748. The second-order valence-corrected chi connectivity index (χ2v) is 16.5. The smallest absolute Gasteiger partial charge is 0.255 e. The van der Waals surface area contributed by atoms with E-state index in [9.17, 15) is 50.8 Å². The van der Waals surface area contributed by atoms with Crippen molar-refractivity contribution >= 4 is 5.91 Å². The zero-order valence-electron chi connectivity index (χ0n) is 36.1. The van der Waals surface area contributed by atoms with Crippen LogP contribution in [0.25, 0.3) is 0 Å². The van der Waals surface area contributed by atoms with Gasteiger partial charge in [-0.3, -0.25) is 19.5 Å².